The molecule has 0 unspecified atom stereocenters. The number of sulfonamides is 1. The molecule has 0 aliphatic heterocycles. The molecule has 0 heterocycles. The number of benzene rings is 3. The Hall–Kier alpha value is -3.65. The van der Waals surface area contributed by atoms with Gasteiger partial charge < -0.3 is 10.2 Å². The highest BCUT2D eigenvalue weighted by atomic mass is 32.2. The number of nitrogens with one attached hydrogen (secondary N) is 1. The van der Waals surface area contributed by atoms with E-state index in [1.54, 1.807) is 12.1 Å². The van der Waals surface area contributed by atoms with Crippen LogP contribution in [-0.2, 0) is 32.6 Å². The van der Waals surface area contributed by atoms with Crippen molar-refractivity contribution in [1.82, 2.24) is 10.2 Å². The van der Waals surface area contributed by atoms with E-state index in [0.717, 1.165) is 34.9 Å². The van der Waals surface area contributed by atoms with Crippen LogP contribution in [0.2, 0.25) is 0 Å². The van der Waals surface area contributed by atoms with Crippen molar-refractivity contribution in [3.8, 4) is 0 Å². The second-order valence-corrected chi connectivity index (χ2v) is 12.9. The predicted octanol–water partition coefficient (Wildman–Crippen LogP) is 5.44. The maximum absolute atomic E-state index is 14.3. The fourth-order valence-electron chi connectivity index (χ4n) is 4.80. The molecule has 220 valence electrons. The van der Waals surface area contributed by atoms with Gasteiger partial charge in [0.05, 0.1) is 11.9 Å². The van der Waals surface area contributed by atoms with Crippen LogP contribution < -0.4 is 9.62 Å². The third-order valence-corrected chi connectivity index (χ3v) is 8.34. The molecule has 3 aromatic carbocycles. The lowest BCUT2D eigenvalue weighted by Gasteiger charge is -2.34. The normalized spacial score (nSPS) is 13.0. The van der Waals surface area contributed by atoms with Crippen LogP contribution >= 0.6 is 0 Å². The quantitative estimate of drug-likeness (QED) is 0.293. The van der Waals surface area contributed by atoms with E-state index in [0.29, 0.717) is 12.1 Å². The highest BCUT2D eigenvalue weighted by molar-refractivity contribution is 7.92. The second-order valence-electron chi connectivity index (χ2n) is 11.0. The van der Waals surface area contributed by atoms with Crippen molar-refractivity contribution in [3.05, 3.63) is 101 Å². The highest BCUT2D eigenvalue weighted by Gasteiger charge is 2.34. The number of anilines is 1. The number of hydrogen-bond acceptors (Lipinski definition) is 4. The van der Waals surface area contributed by atoms with Gasteiger partial charge in [-0.2, -0.15) is 0 Å². The Balaban J connectivity index is 2.10. The molecule has 7 nitrogen and oxygen atoms in total. The van der Waals surface area contributed by atoms with E-state index in [1.807, 2.05) is 101 Å². The maximum Gasteiger partial charge on any atom is 0.244 e. The maximum atomic E-state index is 14.3. The van der Waals surface area contributed by atoms with Gasteiger partial charge >= 0.3 is 0 Å². The topological polar surface area (TPSA) is 86.8 Å². The lowest BCUT2D eigenvalue weighted by atomic mass is 10.0. The minimum Gasteiger partial charge on any atom is -0.352 e. The molecule has 0 saturated carbocycles. The predicted molar refractivity (Wildman–Crippen MR) is 166 cm³/mol. The van der Waals surface area contributed by atoms with Gasteiger partial charge in [-0.3, -0.25) is 13.9 Å². The summed E-state index contributed by atoms with van der Waals surface area (Å²) in [6.45, 7) is 9.61. The van der Waals surface area contributed by atoms with Gasteiger partial charge in [-0.25, -0.2) is 8.42 Å². The Morgan fingerprint density at radius 3 is 2.12 bits per heavy atom. The van der Waals surface area contributed by atoms with Gasteiger partial charge in [0, 0.05) is 19.0 Å². The molecule has 0 saturated heterocycles. The van der Waals surface area contributed by atoms with Crippen molar-refractivity contribution in [2.24, 2.45) is 0 Å². The van der Waals surface area contributed by atoms with E-state index in [4.69, 9.17) is 0 Å². The smallest absolute Gasteiger partial charge is 0.244 e. The van der Waals surface area contributed by atoms with Crippen molar-refractivity contribution in [2.45, 2.75) is 72.0 Å². The molecular weight excluding hydrogens is 534 g/mol. The number of rotatable bonds is 13. The van der Waals surface area contributed by atoms with Gasteiger partial charge in [-0.1, -0.05) is 99.1 Å². The molecule has 0 spiro atoms. The van der Waals surface area contributed by atoms with Gasteiger partial charge in [0.15, 0.2) is 0 Å². The molecule has 0 fully saturated rings. The van der Waals surface area contributed by atoms with Gasteiger partial charge in [0.2, 0.25) is 21.8 Å². The average Bonchev–Trinajstić information content (AvgIpc) is 2.93. The first-order valence-corrected chi connectivity index (χ1v) is 16.0. The third-order valence-electron chi connectivity index (χ3n) is 7.21. The van der Waals surface area contributed by atoms with Crippen LogP contribution in [0.4, 0.5) is 5.69 Å². The minimum absolute atomic E-state index is 0.0427. The Labute approximate surface area is 245 Å². The minimum atomic E-state index is -3.82. The number of aryl methyl sites for hydroxylation is 1. The van der Waals surface area contributed by atoms with Crippen LogP contribution in [0, 0.1) is 6.92 Å². The number of carbonyl (C=O) groups excluding carboxylic acids is 2. The van der Waals surface area contributed by atoms with Gasteiger partial charge in [-0.15, -0.1) is 0 Å². The van der Waals surface area contributed by atoms with E-state index >= 15 is 0 Å². The molecule has 1 N–H and O–H groups in total. The third kappa shape index (κ3) is 8.92. The molecular formula is C33H43N3O4S. The Kier molecular flexibility index (Phi) is 11.1. The number of hydrogen-bond donors (Lipinski definition) is 1. The lowest BCUT2D eigenvalue weighted by Crippen LogP contribution is -2.54. The summed E-state index contributed by atoms with van der Waals surface area (Å²) >= 11 is 0. The summed E-state index contributed by atoms with van der Waals surface area (Å²) in [7, 11) is -3.82. The number of nitrogens with zero attached hydrogens (tertiary/aromatic N) is 2. The zero-order valence-corrected chi connectivity index (χ0v) is 25.8. The SMILES string of the molecule is CC[C@H](C)NC(=O)[C@@H](Cc1ccccc1)N(Cc1cccc(C)c1)C(=O)CN(c1ccccc1C(C)C)S(C)(=O)=O. The summed E-state index contributed by atoms with van der Waals surface area (Å²) in [6, 6.07) is 23.7. The molecule has 41 heavy (non-hydrogen) atoms. The number of amides is 2. The Bertz CT molecular complexity index is 1420. The molecule has 3 aromatic rings. The first-order valence-electron chi connectivity index (χ1n) is 14.2. The molecule has 0 radical (unpaired) electrons. The summed E-state index contributed by atoms with van der Waals surface area (Å²) in [4.78, 5) is 29.6. The van der Waals surface area contributed by atoms with Crippen LogP contribution in [0.25, 0.3) is 0 Å². The standard InChI is InChI=1S/C33H43N3O4S/c1-7-26(5)34-33(38)31(21-27-15-9-8-10-16-27)35(22-28-17-13-14-25(4)20-28)32(37)23-36(41(6,39)40)30-19-12-11-18-29(30)24(2)3/h8-20,24,26,31H,7,21-23H2,1-6H3,(H,34,38)/t26-,31+/m0/s1. The molecule has 8 heteroatoms. The molecule has 0 aliphatic carbocycles. The summed E-state index contributed by atoms with van der Waals surface area (Å²) in [5, 5.41) is 3.06. The van der Waals surface area contributed by atoms with Crippen LogP contribution in [0.3, 0.4) is 0 Å². The van der Waals surface area contributed by atoms with E-state index in [9.17, 15) is 18.0 Å². The second kappa shape index (κ2) is 14.3. The molecule has 2 atom stereocenters. The van der Waals surface area contributed by atoms with E-state index in [1.165, 1.54) is 9.21 Å². The van der Waals surface area contributed by atoms with Crippen molar-refractivity contribution in [3.63, 3.8) is 0 Å². The highest BCUT2D eigenvalue weighted by Crippen LogP contribution is 2.29. The van der Waals surface area contributed by atoms with Crippen LogP contribution in [0.1, 0.15) is 62.3 Å². The first-order chi connectivity index (χ1) is 19.4. The summed E-state index contributed by atoms with van der Waals surface area (Å²) < 4.78 is 27.4. The van der Waals surface area contributed by atoms with Crippen LogP contribution in [0.15, 0.2) is 78.9 Å². The fourth-order valence-corrected chi connectivity index (χ4v) is 5.67. The largest absolute Gasteiger partial charge is 0.352 e. The summed E-state index contributed by atoms with van der Waals surface area (Å²) in [6.07, 6.45) is 2.14. The van der Waals surface area contributed by atoms with Crippen LogP contribution in [-0.4, -0.2) is 50.0 Å². The van der Waals surface area contributed by atoms with Crippen molar-refractivity contribution < 1.29 is 18.0 Å². The molecule has 0 aliphatic rings. The van der Waals surface area contributed by atoms with E-state index in [2.05, 4.69) is 5.32 Å². The van der Waals surface area contributed by atoms with E-state index < -0.39 is 28.5 Å². The summed E-state index contributed by atoms with van der Waals surface area (Å²) in [5.41, 5.74) is 4.09. The van der Waals surface area contributed by atoms with Crippen molar-refractivity contribution in [2.75, 3.05) is 17.1 Å². The Morgan fingerprint density at radius 2 is 1.51 bits per heavy atom. The van der Waals surface area contributed by atoms with Gasteiger partial charge in [0.1, 0.15) is 12.6 Å². The number of para-hydroxylation sites is 1. The van der Waals surface area contributed by atoms with Gasteiger partial charge in [0.25, 0.3) is 0 Å². The average molecular weight is 578 g/mol. The van der Waals surface area contributed by atoms with Crippen LogP contribution in [0.5, 0.6) is 0 Å². The Morgan fingerprint density at radius 1 is 0.878 bits per heavy atom. The molecule has 2 amide bonds. The zero-order chi connectivity index (χ0) is 30.2. The lowest BCUT2D eigenvalue weighted by molar-refractivity contribution is -0.140. The number of carbonyl (C=O) groups is 2. The zero-order valence-electron chi connectivity index (χ0n) is 25.0. The fraction of sp³-hybridized carbons (Fsp3) is 0.394. The van der Waals surface area contributed by atoms with Crippen molar-refractivity contribution >= 4 is 27.5 Å². The molecule has 0 bridgehead atoms. The molecule has 0 aromatic heterocycles. The van der Waals surface area contributed by atoms with E-state index in [-0.39, 0.29) is 24.4 Å². The van der Waals surface area contributed by atoms with Crippen molar-refractivity contribution in [1.29, 1.82) is 0 Å². The summed E-state index contributed by atoms with van der Waals surface area (Å²) in [5.74, 6) is -0.672. The van der Waals surface area contributed by atoms with Gasteiger partial charge in [-0.05, 0) is 48.9 Å². The first kappa shape index (κ1) is 31.9. The molecule has 3 rings (SSSR count). The monoisotopic (exact) mass is 577 g/mol.